The van der Waals surface area contributed by atoms with Gasteiger partial charge in [-0.3, -0.25) is 9.10 Å². The summed E-state index contributed by atoms with van der Waals surface area (Å²) in [6, 6.07) is 6.90. The molecule has 2 rings (SSSR count). The van der Waals surface area contributed by atoms with Gasteiger partial charge in [0.2, 0.25) is 15.9 Å². The van der Waals surface area contributed by atoms with Gasteiger partial charge < -0.3 is 10.1 Å². The Balaban J connectivity index is 2.34. The summed E-state index contributed by atoms with van der Waals surface area (Å²) in [7, 11) is -2.39. The van der Waals surface area contributed by atoms with Crippen LogP contribution in [0, 0.1) is 5.82 Å². The molecule has 0 bridgehead atoms. The Morgan fingerprint density at radius 2 is 1.85 bits per heavy atom. The summed E-state index contributed by atoms with van der Waals surface area (Å²) in [6.45, 7) is 1.42. The van der Waals surface area contributed by atoms with Gasteiger partial charge in [-0.15, -0.1) is 0 Å². The molecular weight excluding hydrogens is 418 g/mol. The predicted molar refractivity (Wildman–Crippen MR) is 105 cm³/mol. The number of benzene rings is 2. The summed E-state index contributed by atoms with van der Waals surface area (Å²) < 4.78 is 43.8. The second kappa shape index (κ2) is 8.33. The van der Waals surface area contributed by atoms with Gasteiger partial charge in [0.05, 0.1) is 29.1 Å². The Labute approximate surface area is 166 Å². The van der Waals surface area contributed by atoms with Crippen molar-refractivity contribution in [3.63, 3.8) is 0 Å². The number of ether oxygens (including phenoxy) is 1. The van der Waals surface area contributed by atoms with Crippen molar-refractivity contribution in [1.82, 2.24) is 0 Å². The Bertz CT molecular complexity index is 969. The van der Waals surface area contributed by atoms with Crippen molar-refractivity contribution in [2.24, 2.45) is 0 Å². The summed E-state index contributed by atoms with van der Waals surface area (Å²) in [4.78, 5) is 12.6. The number of carbonyl (C=O) groups excluding carboxylic acids is 1. The smallest absolute Gasteiger partial charge is 0.247 e. The van der Waals surface area contributed by atoms with Crippen LogP contribution in [0.25, 0.3) is 0 Å². The Morgan fingerprint density at radius 3 is 2.37 bits per heavy atom. The first kappa shape index (κ1) is 21.3. The Kier molecular flexibility index (Phi) is 6.56. The van der Waals surface area contributed by atoms with Crippen LogP contribution >= 0.6 is 23.2 Å². The third-order valence-electron chi connectivity index (χ3n) is 3.67. The second-order valence-electron chi connectivity index (χ2n) is 5.67. The number of amides is 1. The second-order valence-corrected chi connectivity index (χ2v) is 8.35. The van der Waals surface area contributed by atoms with Crippen molar-refractivity contribution in [1.29, 1.82) is 0 Å². The van der Waals surface area contributed by atoms with Gasteiger partial charge in [-0.1, -0.05) is 23.2 Å². The number of sulfonamides is 1. The zero-order valence-corrected chi connectivity index (χ0v) is 17.0. The molecule has 0 radical (unpaired) electrons. The lowest BCUT2D eigenvalue weighted by Crippen LogP contribution is -2.45. The van der Waals surface area contributed by atoms with Crippen molar-refractivity contribution in [2.75, 3.05) is 23.0 Å². The molecule has 27 heavy (non-hydrogen) atoms. The van der Waals surface area contributed by atoms with E-state index in [2.05, 4.69) is 5.32 Å². The van der Waals surface area contributed by atoms with Crippen molar-refractivity contribution >= 4 is 50.5 Å². The minimum absolute atomic E-state index is 0.164. The maximum absolute atomic E-state index is 13.2. The first-order valence-electron chi connectivity index (χ1n) is 7.63. The van der Waals surface area contributed by atoms with Crippen LogP contribution in [-0.4, -0.2) is 33.7 Å². The zero-order valence-electron chi connectivity index (χ0n) is 14.7. The quantitative estimate of drug-likeness (QED) is 0.746. The number of rotatable bonds is 6. The average Bonchev–Trinajstić information content (AvgIpc) is 2.57. The van der Waals surface area contributed by atoms with E-state index >= 15 is 0 Å². The van der Waals surface area contributed by atoms with E-state index in [1.807, 2.05) is 0 Å². The van der Waals surface area contributed by atoms with Gasteiger partial charge in [-0.05, 0) is 43.3 Å². The highest BCUT2D eigenvalue weighted by Crippen LogP contribution is 2.31. The van der Waals surface area contributed by atoms with Gasteiger partial charge in [0.25, 0.3) is 0 Å². The molecule has 0 aliphatic rings. The molecule has 0 heterocycles. The first-order valence-corrected chi connectivity index (χ1v) is 10.2. The number of hydrogen-bond donors (Lipinski definition) is 1. The minimum atomic E-state index is -3.82. The van der Waals surface area contributed by atoms with Crippen molar-refractivity contribution in [3.8, 4) is 5.75 Å². The summed E-state index contributed by atoms with van der Waals surface area (Å²) in [5.41, 5.74) is 0.433. The lowest BCUT2D eigenvalue weighted by atomic mass is 10.2. The van der Waals surface area contributed by atoms with Crippen LogP contribution in [0.15, 0.2) is 36.4 Å². The summed E-state index contributed by atoms with van der Waals surface area (Å²) >= 11 is 11.8. The van der Waals surface area contributed by atoms with Gasteiger partial charge >= 0.3 is 0 Å². The fraction of sp³-hybridized carbons (Fsp3) is 0.235. The molecule has 0 fully saturated rings. The Hall–Kier alpha value is -2.03. The minimum Gasteiger partial charge on any atom is -0.495 e. The predicted octanol–water partition coefficient (Wildman–Crippen LogP) is 3.93. The van der Waals surface area contributed by atoms with Crippen LogP contribution in [0.3, 0.4) is 0 Å². The zero-order chi connectivity index (χ0) is 20.4. The van der Waals surface area contributed by atoms with Gasteiger partial charge in [-0.25, -0.2) is 12.8 Å². The molecule has 0 aliphatic heterocycles. The molecule has 0 saturated heterocycles. The Morgan fingerprint density at radius 1 is 1.19 bits per heavy atom. The van der Waals surface area contributed by atoms with E-state index in [0.717, 1.165) is 16.6 Å². The molecule has 0 spiro atoms. The SMILES string of the molecule is COc1ccc(N([C@@H](C)C(=O)Nc2ccc(F)c(Cl)c2)S(C)(=O)=O)cc1Cl. The third kappa shape index (κ3) is 5.03. The highest BCUT2D eigenvalue weighted by Gasteiger charge is 2.29. The van der Waals surface area contributed by atoms with Crippen molar-refractivity contribution in [3.05, 3.63) is 52.3 Å². The molecule has 1 atom stereocenters. The van der Waals surface area contributed by atoms with Crippen molar-refractivity contribution in [2.45, 2.75) is 13.0 Å². The van der Waals surface area contributed by atoms with E-state index in [0.29, 0.717) is 5.75 Å². The third-order valence-corrected chi connectivity index (χ3v) is 5.49. The number of nitrogens with zero attached hydrogens (tertiary/aromatic N) is 1. The first-order chi connectivity index (χ1) is 12.5. The molecule has 0 saturated carbocycles. The van der Waals surface area contributed by atoms with Gasteiger partial charge in [-0.2, -0.15) is 0 Å². The number of nitrogens with one attached hydrogen (secondary N) is 1. The number of hydrogen-bond acceptors (Lipinski definition) is 4. The van der Waals surface area contributed by atoms with E-state index in [9.17, 15) is 17.6 Å². The van der Waals surface area contributed by atoms with Crippen molar-refractivity contribution < 1.29 is 22.3 Å². The van der Waals surface area contributed by atoms with E-state index in [4.69, 9.17) is 27.9 Å². The van der Waals surface area contributed by atoms with E-state index in [1.165, 1.54) is 44.4 Å². The molecule has 1 N–H and O–H groups in total. The van der Waals surface area contributed by atoms with Gasteiger partial charge in [0.1, 0.15) is 17.6 Å². The van der Waals surface area contributed by atoms with E-state index in [-0.39, 0.29) is 21.4 Å². The maximum Gasteiger partial charge on any atom is 0.247 e. The van der Waals surface area contributed by atoms with Crippen LogP contribution in [-0.2, 0) is 14.8 Å². The number of methoxy groups -OCH3 is 1. The number of halogens is 3. The van der Waals surface area contributed by atoms with Crippen LogP contribution in [0.4, 0.5) is 15.8 Å². The van der Waals surface area contributed by atoms with Crippen LogP contribution in [0.2, 0.25) is 10.0 Å². The monoisotopic (exact) mass is 434 g/mol. The van der Waals surface area contributed by atoms with E-state index in [1.54, 1.807) is 0 Å². The fourth-order valence-electron chi connectivity index (χ4n) is 2.42. The summed E-state index contributed by atoms with van der Waals surface area (Å²) in [6.07, 6.45) is 0.976. The van der Waals surface area contributed by atoms with Crippen LogP contribution < -0.4 is 14.4 Å². The molecule has 1 amide bonds. The topological polar surface area (TPSA) is 75.7 Å². The lowest BCUT2D eigenvalue weighted by molar-refractivity contribution is -0.116. The molecule has 0 aliphatic carbocycles. The number of carbonyl (C=O) groups is 1. The largest absolute Gasteiger partial charge is 0.495 e. The highest BCUT2D eigenvalue weighted by molar-refractivity contribution is 7.92. The van der Waals surface area contributed by atoms with Crippen LogP contribution in [0.5, 0.6) is 5.75 Å². The molecule has 146 valence electrons. The number of anilines is 2. The maximum atomic E-state index is 13.2. The molecular formula is C17H17Cl2FN2O4S. The molecule has 0 aromatic heterocycles. The van der Waals surface area contributed by atoms with Gasteiger partial charge in [0.15, 0.2) is 0 Å². The van der Waals surface area contributed by atoms with Crippen LogP contribution in [0.1, 0.15) is 6.92 Å². The molecule has 10 heteroatoms. The summed E-state index contributed by atoms with van der Waals surface area (Å²) in [5.74, 6) is -0.893. The summed E-state index contributed by atoms with van der Waals surface area (Å²) in [5, 5.41) is 2.55. The van der Waals surface area contributed by atoms with Gasteiger partial charge in [0, 0.05) is 5.69 Å². The van der Waals surface area contributed by atoms with E-state index < -0.39 is 27.8 Å². The lowest BCUT2D eigenvalue weighted by Gasteiger charge is -2.28. The fourth-order valence-corrected chi connectivity index (χ4v) is 4.02. The normalized spacial score (nSPS) is 12.4. The molecule has 2 aromatic rings. The molecule has 6 nitrogen and oxygen atoms in total. The molecule has 2 aromatic carbocycles. The average molecular weight is 435 g/mol. The highest BCUT2D eigenvalue weighted by atomic mass is 35.5. The molecule has 0 unspecified atom stereocenters. The standard InChI is InChI=1S/C17H17Cl2FN2O4S/c1-10(17(23)21-11-4-6-15(20)13(18)8-11)22(27(3,24)25)12-5-7-16(26-2)14(19)9-12/h4-10H,1-3H3,(H,21,23)/t10-/m0/s1.